The molecule has 0 aliphatic heterocycles. The molecule has 514 valence electrons. The van der Waals surface area contributed by atoms with Crippen molar-refractivity contribution in [3.63, 3.8) is 0 Å². The Balaban J connectivity index is 1.01. The van der Waals surface area contributed by atoms with Gasteiger partial charge in [-0.3, -0.25) is 9.59 Å². The van der Waals surface area contributed by atoms with Crippen molar-refractivity contribution in [3.05, 3.63) is 302 Å². The summed E-state index contributed by atoms with van der Waals surface area (Å²) in [5.74, 6) is -0.380. The lowest BCUT2D eigenvalue weighted by Crippen LogP contribution is -2.30. The number of ketones is 2. The molecule has 104 heavy (non-hydrogen) atoms. The monoisotopic (exact) mass is 1430 g/mol. The second kappa shape index (κ2) is 30.1. The average molecular weight is 1430 g/mol. The molecule has 0 atom stereocenters. The molecule has 4 aliphatic carbocycles. The van der Waals surface area contributed by atoms with Gasteiger partial charge in [0.15, 0.2) is 11.6 Å². The second-order valence-corrected chi connectivity index (χ2v) is 32.8. The Labute approximate surface area is 628 Å². The van der Waals surface area contributed by atoms with Crippen LogP contribution >= 0.6 is 45.3 Å². The molecule has 0 spiro atoms. The minimum atomic E-state index is -0.837. The van der Waals surface area contributed by atoms with Crippen LogP contribution in [0.4, 0.5) is 0 Å². The van der Waals surface area contributed by atoms with Crippen molar-refractivity contribution in [2.24, 2.45) is 0 Å². The third kappa shape index (κ3) is 12.0. The smallest absolute Gasteiger partial charge is 0.270 e. The van der Waals surface area contributed by atoms with E-state index in [4.69, 9.17) is 6.57 Å². The molecule has 11 aromatic rings. The molecule has 6 nitrogen and oxygen atoms in total. The maximum Gasteiger partial charge on any atom is 0.270 e. The van der Waals surface area contributed by atoms with E-state index < -0.39 is 10.8 Å². The summed E-state index contributed by atoms with van der Waals surface area (Å²) in [6, 6.07) is 69.2. The number of carbonyl (C=O) groups is 2. The summed E-state index contributed by atoms with van der Waals surface area (Å²) in [7, 11) is 0. The number of thiophene rings is 4. The highest BCUT2D eigenvalue weighted by atomic mass is 32.1. The van der Waals surface area contributed by atoms with Gasteiger partial charge in [0.25, 0.3) is 5.70 Å². The van der Waals surface area contributed by atoms with Gasteiger partial charge in [-0.15, -0.1) is 45.3 Å². The first kappa shape index (κ1) is 69.8. The fraction of sp³-hybridized carbons (Fsp3) is 0.277. The number of allylic oxidation sites excluding steroid dienone is 6. The first-order valence-electron chi connectivity index (χ1n) is 37.6. The molecule has 0 bridgehead atoms. The Hall–Kier alpha value is -9.88. The Morgan fingerprint density at radius 2 is 0.740 bits per heavy atom. The number of fused-ring (bicyclic) bond motifs is 12. The van der Waals surface area contributed by atoms with E-state index in [0.717, 1.165) is 79.9 Å². The number of aryl methyl sites for hydroxylation is 4. The summed E-state index contributed by atoms with van der Waals surface area (Å²) in [5.41, 5.74) is 19.2. The topological polar surface area (TPSA) is 110 Å². The van der Waals surface area contributed by atoms with Gasteiger partial charge in [-0.2, -0.15) is 10.5 Å². The molecule has 0 saturated heterocycles. The minimum absolute atomic E-state index is 0.0794. The number of hydrogen-bond donors (Lipinski definition) is 0. The van der Waals surface area contributed by atoms with Gasteiger partial charge in [0, 0.05) is 73.5 Å². The molecule has 0 amide bonds. The fourth-order valence-corrected chi connectivity index (χ4v) is 22.6. The first-order chi connectivity index (χ1) is 51.1. The molecule has 15 rings (SSSR count). The molecule has 4 aliphatic rings. The van der Waals surface area contributed by atoms with Crippen LogP contribution in [0.25, 0.3) is 67.8 Å². The maximum atomic E-state index is 14.7. The molecule has 0 unspecified atom stereocenters. The van der Waals surface area contributed by atoms with Crippen LogP contribution in [0.2, 0.25) is 0 Å². The van der Waals surface area contributed by atoms with E-state index in [-0.39, 0.29) is 22.8 Å². The molecule has 0 saturated carbocycles. The third-order valence-corrected chi connectivity index (χ3v) is 27.0. The van der Waals surface area contributed by atoms with Gasteiger partial charge in [-0.25, -0.2) is 10.1 Å². The highest BCUT2D eigenvalue weighted by Crippen LogP contribution is 2.68. The zero-order chi connectivity index (χ0) is 71.6. The van der Waals surface area contributed by atoms with E-state index in [2.05, 4.69) is 172 Å². The van der Waals surface area contributed by atoms with Crippen molar-refractivity contribution in [3.8, 4) is 39.1 Å². The summed E-state index contributed by atoms with van der Waals surface area (Å²) in [6.45, 7) is 17.2. The minimum Gasteiger partial charge on any atom is -0.289 e. The summed E-state index contributed by atoms with van der Waals surface area (Å²) in [5, 5.41) is 31.3. The Morgan fingerprint density at radius 1 is 0.404 bits per heavy atom. The van der Waals surface area contributed by atoms with Crippen molar-refractivity contribution < 1.29 is 9.59 Å². The molecule has 0 radical (unpaired) electrons. The second-order valence-electron chi connectivity index (χ2n) is 28.6. The van der Waals surface area contributed by atoms with Crippen LogP contribution < -0.4 is 0 Å². The Morgan fingerprint density at radius 3 is 1.07 bits per heavy atom. The summed E-state index contributed by atoms with van der Waals surface area (Å²) < 4.78 is 4.50. The zero-order valence-electron chi connectivity index (χ0n) is 59.7. The quantitative estimate of drug-likeness (QED) is 0.0232. The summed E-state index contributed by atoms with van der Waals surface area (Å²) in [6.07, 6.45) is 26.7. The maximum absolute atomic E-state index is 14.7. The van der Waals surface area contributed by atoms with E-state index >= 15 is 0 Å². The van der Waals surface area contributed by atoms with E-state index in [1.807, 2.05) is 71.2 Å². The van der Waals surface area contributed by atoms with E-state index in [1.54, 1.807) is 34.8 Å². The summed E-state index contributed by atoms with van der Waals surface area (Å²) in [4.78, 5) is 37.2. The van der Waals surface area contributed by atoms with Gasteiger partial charge in [0.05, 0.1) is 32.9 Å². The van der Waals surface area contributed by atoms with Gasteiger partial charge in [-0.05, 0) is 166 Å². The van der Waals surface area contributed by atoms with Crippen LogP contribution in [-0.2, 0) is 36.5 Å². The van der Waals surface area contributed by atoms with Crippen LogP contribution in [-0.4, -0.2) is 11.6 Å². The number of nitrogens with zero attached hydrogens (tertiary/aromatic N) is 4. The normalized spacial score (nSPS) is 15.4. The third-order valence-electron chi connectivity index (χ3n) is 22.2. The first-order valence-corrected chi connectivity index (χ1v) is 40.8. The highest BCUT2D eigenvalue weighted by molar-refractivity contribution is 7.31. The number of carbonyl (C=O) groups excluding carboxylic acids is 2. The van der Waals surface area contributed by atoms with Gasteiger partial charge in [-0.1, -0.05) is 250 Å². The van der Waals surface area contributed by atoms with E-state index in [1.165, 1.54) is 165 Å². The lowest BCUT2D eigenvalue weighted by atomic mass is 9.65. The fourth-order valence-electron chi connectivity index (χ4n) is 17.1. The van der Waals surface area contributed by atoms with Crippen molar-refractivity contribution in [2.45, 2.75) is 167 Å². The molecule has 7 aromatic carbocycles. The molecular formula is C94H82N4O2S4. The van der Waals surface area contributed by atoms with Crippen molar-refractivity contribution in [1.82, 2.24) is 0 Å². The number of nitriles is 3. The number of benzene rings is 7. The SMILES string of the molecule is [C-]#[N+]/C(C#N)=C1\C(=C\c2cc3sc4c(c3s2)C(c2ccc(CCCCCC)cc2)(c2ccc(CCCCCC)cc2)c2cc3c(cc2-4)C(c2ccc(CCCCCC)cc2)(c2ccc(CCCCCC)cc2)c2c-3sc3cc(/C=C4\C(=O)c5ccccc5C4=C(C#N)C#N)sc23)C(=O)c2ccccc21. The molecule has 4 aromatic heterocycles. The highest BCUT2D eigenvalue weighted by Gasteiger charge is 2.55. The molecule has 0 N–H and O–H groups in total. The van der Waals surface area contributed by atoms with Gasteiger partial charge >= 0.3 is 0 Å². The van der Waals surface area contributed by atoms with Crippen LogP contribution in [0.1, 0.15) is 239 Å². The zero-order valence-corrected chi connectivity index (χ0v) is 63.0. The van der Waals surface area contributed by atoms with Crippen LogP contribution in [0.15, 0.2) is 192 Å². The van der Waals surface area contributed by atoms with Crippen LogP contribution in [0, 0.1) is 40.6 Å². The number of hydrogen-bond acceptors (Lipinski definition) is 9. The largest absolute Gasteiger partial charge is 0.289 e. The summed E-state index contributed by atoms with van der Waals surface area (Å²) >= 11 is 7.03. The molecule has 10 heteroatoms. The van der Waals surface area contributed by atoms with Gasteiger partial charge < -0.3 is 0 Å². The molecule has 4 heterocycles. The van der Waals surface area contributed by atoms with Gasteiger partial charge in [0.2, 0.25) is 0 Å². The molecule has 0 fully saturated rings. The van der Waals surface area contributed by atoms with Crippen molar-refractivity contribution >= 4 is 99.0 Å². The van der Waals surface area contributed by atoms with Gasteiger partial charge in [0.1, 0.15) is 17.7 Å². The standard InChI is InChI=1S/C94H82N4O2S4/c1-6-10-14-18-26-59-34-42-64(43-35-59)93(65-44-36-60(37-45-65)27-19-15-11-7-2)78-55-75-79(54-74(78)89-85(93)91-81(103-89)52-68(101-91)50-76-83(63(56-95)57-96)70-30-22-24-32-72(70)87(76)99)94(66-46-38-61(39-47-66)28-20-16-12-8-3,67-48-40-62(41-49-67)29-21-17-13-9-4)86-90(75)104-82-53-69(102-92(82)86)51-77-84(80(58-97)98-5)71-31-23-25-33-73(71)88(77)100/h22-25,30-55H,6-21,26-29H2,1-4H3/b76-50-,77-51-,84-80-. The van der Waals surface area contributed by atoms with Crippen molar-refractivity contribution in [1.29, 1.82) is 15.8 Å². The van der Waals surface area contributed by atoms with Crippen molar-refractivity contribution in [2.75, 3.05) is 0 Å². The van der Waals surface area contributed by atoms with Crippen LogP contribution in [0.3, 0.4) is 0 Å². The molecular weight excluding hydrogens is 1350 g/mol. The predicted octanol–water partition coefficient (Wildman–Crippen LogP) is 26.0. The lowest BCUT2D eigenvalue weighted by molar-refractivity contribution is 0.103. The Kier molecular flexibility index (Phi) is 20.2. The van der Waals surface area contributed by atoms with E-state index in [0.29, 0.717) is 44.5 Å². The average Bonchev–Trinajstić information content (AvgIpc) is 1.49. The van der Waals surface area contributed by atoms with E-state index in [9.17, 15) is 25.4 Å². The predicted molar refractivity (Wildman–Crippen MR) is 434 cm³/mol. The lowest BCUT2D eigenvalue weighted by Gasteiger charge is -2.36. The number of unbranched alkanes of at least 4 members (excludes halogenated alkanes) is 12. The number of Topliss-reactive ketones (excluding diaryl/α,β-unsaturated/α-hetero) is 2. The number of rotatable bonds is 26. The van der Waals surface area contributed by atoms with Crippen LogP contribution in [0.5, 0.6) is 0 Å². The Bertz CT molecular complexity index is 5030.